The highest BCUT2D eigenvalue weighted by Crippen LogP contribution is 2.19. The summed E-state index contributed by atoms with van der Waals surface area (Å²) in [6, 6.07) is 16.9. The van der Waals surface area contributed by atoms with Gasteiger partial charge in [-0.2, -0.15) is 0 Å². The zero-order valence-electron chi connectivity index (χ0n) is 11.7. The lowest BCUT2D eigenvalue weighted by atomic mass is 10.2. The van der Waals surface area contributed by atoms with Crippen LogP contribution in [0.2, 0.25) is 5.02 Å². The van der Waals surface area contributed by atoms with Crippen molar-refractivity contribution in [2.45, 2.75) is 0 Å². The standard InChI is InChI=1S/C18H13ClN2O/c19-15-8-9-16-14(11-15)12-17(21-16)18(22)20-10-4-7-13-5-2-1-3-6-13/h1-3,5-6,8-9,11-12,21H,10H2,(H,20,22). The molecule has 3 nitrogen and oxygen atoms in total. The lowest BCUT2D eigenvalue weighted by molar-refractivity contribution is 0.0954. The van der Waals surface area contributed by atoms with E-state index < -0.39 is 0 Å². The van der Waals surface area contributed by atoms with Crippen LogP contribution in [-0.4, -0.2) is 17.4 Å². The van der Waals surface area contributed by atoms with E-state index in [9.17, 15) is 4.79 Å². The summed E-state index contributed by atoms with van der Waals surface area (Å²) in [7, 11) is 0. The van der Waals surface area contributed by atoms with E-state index in [4.69, 9.17) is 11.6 Å². The highest BCUT2D eigenvalue weighted by Gasteiger charge is 2.08. The number of halogens is 1. The van der Waals surface area contributed by atoms with Gasteiger partial charge in [0.25, 0.3) is 5.91 Å². The first kappa shape index (κ1) is 14.2. The number of rotatable bonds is 2. The molecule has 0 atom stereocenters. The van der Waals surface area contributed by atoms with Crippen molar-refractivity contribution < 1.29 is 4.79 Å². The van der Waals surface area contributed by atoms with Crippen molar-refractivity contribution in [1.29, 1.82) is 0 Å². The minimum Gasteiger partial charge on any atom is -0.351 e. The average molecular weight is 309 g/mol. The van der Waals surface area contributed by atoms with Crippen molar-refractivity contribution in [3.8, 4) is 11.8 Å². The van der Waals surface area contributed by atoms with Gasteiger partial charge in [-0.3, -0.25) is 4.79 Å². The third-order valence-corrected chi connectivity index (χ3v) is 3.41. The number of H-pyrrole nitrogens is 1. The summed E-state index contributed by atoms with van der Waals surface area (Å²) in [5.74, 6) is 5.74. The van der Waals surface area contributed by atoms with Gasteiger partial charge in [-0.05, 0) is 36.4 Å². The number of hydrogen-bond acceptors (Lipinski definition) is 1. The number of aromatic nitrogens is 1. The maximum Gasteiger partial charge on any atom is 0.268 e. The van der Waals surface area contributed by atoms with Crippen LogP contribution in [0.25, 0.3) is 10.9 Å². The lowest BCUT2D eigenvalue weighted by Gasteiger charge is -1.97. The van der Waals surface area contributed by atoms with Gasteiger partial charge in [0.05, 0.1) is 6.54 Å². The predicted molar refractivity (Wildman–Crippen MR) is 89.0 cm³/mol. The van der Waals surface area contributed by atoms with E-state index in [1.165, 1.54) is 0 Å². The van der Waals surface area contributed by atoms with E-state index in [2.05, 4.69) is 22.1 Å². The quantitative estimate of drug-likeness (QED) is 0.698. The van der Waals surface area contributed by atoms with Crippen LogP contribution >= 0.6 is 11.6 Å². The van der Waals surface area contributed by atoms with Crippen LogP contribution in [0.4, 0.5) is 0 Å². The number of fused-ring (bicyclic) bond motifs is 1. The molecule has 0 aliphatic heterocycles. The summed E-state index contributed by atoms with van der Waals surface area (Å²) in [6.45, 7) is 0.295. The molecule has 0 saturated carbocycles. The fourth-order valence-corrected chi connectivity index (χ4v) is 2.29. The summed E-state index contributed by atoms with van der Waals surface area (Å²) in [6.07, 6.45) is 0. The average Bonchev–Trinajstić information content (AvgIpc) is 2.95. The van der Waals surface area contributed by atoms with Gasteiger partial charge < -0.3 is 10.3 Å². The lowest BCUT2D eigenvalue weighted by Crippen LogP contribution is -2.23. The molecule has 0 unspecified atom stereocenters. The Balaban J connectivity index is 1.65. The van der Waals surface area contributed by atoms with E-state index in [-0.39, 0.29) is 5.91 Å². The van der Waals surface area contributed by atoms with Crippen LogP contribution in [0, 0.1) is 11.8 Å². The Hall–Kier alpha value is -2.70. The van der Waals surface area contributed by atoms with Gasteiger partial charge in [-0.1, -0.05) is 41.6 Å². The monoisotopic (exact) mass is 308 g/mol. The molecule has 3 aromatic rings. The van der Waals surface area contributed by atoms with Crippen LogP contribution in [0.5, 0.6) is 0 Å². The molecule has 1 aromatic heterocycles. The molecule has 3 rings (SSSR count). The maximum absolute atomic E-state index is 12.1. The van der Waals surface area contributed by atoms with Crippen LogP contribution in [0.1, 0.15) is 16.1 Å². The molecule has 0 bridgehead atoms. The van der Waals surface area contributed by atoms with Crippen molar-refractivity contribution in [3.05, 3.63) is 70.9 Å². The second-order valence-corrected chi connectivity index (χ2v) is 5.20. The first-order chi connectivity index (χ1) is 10.7. The number of amides is 1. The third-order valence-electron chi connectivity index (χ3n) is 3.17. The van der Waals surface area contributed by atoms with Crippen LogP contribution in [0.15, 0.2) is 54.6 Å². The van der Waals surface area contributed by atoms with E-state index in [1.54, 1.807) is 12.1 Å². The Morgan fingerprint density at radius 1 is 1.14 bits per heavy atom. The van der Waals surface area contributed by atoms with Crippen LogP contribution in [0.3, 0.4) is 0 Å². The first-order valence-electron chi connectivity index (χ1n) is 6.83. The minimum atomic E-state index is -0.185. The summed E-state index contributed by atoms with van der Waals surface area (Å²) in [5.41, 5.74) is 2.31. The molecule has 2 N–H and O–H groups in total. The smallest absolute Gasteiger partial charge is 0.268 e. The van der Waals surface area contributed by atoms with Crippen molar-refractivity contribution in [2.24, 2.45) is 0 Å². The SMILES string of the molecule is O=C(NCC#Cc1ccccc1)c1cc2cc(Cl)ccc2[nH]1. The third kappa shape index (κ3) is 3.30. The molecule has 0 aliphatic carbocycles. The number of aromatic amines is 1. The normalized spacial score (nSPS) is 10.0. The molecule has 0 aliphatic rings. The first-order valence-corrected chi connectivity index (χ1v) is 7.20. The zero-order valence-corrected chi connectivity index (χ0v) is 12.4. The van der Waals surface area contributed by atoms with Gasteiger partial charge in [0.15, 0.2) is 0 Å². The number of carbonyl (C=O) groups excluding carboxylic acids is 1. The molecule has 1 heterocycles. The Kier molecular flexibility index (Phi) is 4.13. The van der Waals surface area contributed by atoms with Crippen LogP contribution in [-0.2, 0) is 0 Å². The number of hydrogen-bond donors (Lipinski definition) is 2. The van der Waals surface area contributed by atoms with E-state index in [0.717, 1.165) is 16.5 Å². The molecular formula is C18H13ClN2O. The molecule has 0 spiro atoms. The van der Waals surface area contributed by atoms with Crippen molar-refractivity contribution >= 4 is 28.4 Å². The minimum absolute atomic E-state index is 0.185. The Labute approximate surface area is 133 Å². The second-order valence-electron chi connectivity index (χ2n) is 4.77. The number of benzene rings is 2. The Morgan fingerprint density at radius 2 is 1.95 bits per heavy atom. The molecular weight excluding hydrogens is 296 g/mol. The van der Waals surface area contributed by atoms with Gasteiger partial charge in [0, 0.05) is 21.5 Å². The molecule has 0 radical (unpaired) electrons. The van der Waals surface area contributed by atoms with Gasteiger partial charge in [-0.25, -0.2) is 0 Å². The molecule has 2 aromatic carbocycles. The van der Waals surface area contributed by atoms with Crippen molar-refractivity contribution in [1.82, 2.24) is 10.3 Å². The fourth-order valence-electron chi connectivity index (χ4n) is 2.11. The molecule has 22 heavy (non-hydrogen) atoms. The zero-order chi connectivity index (χ0) is 15.4. The number of nitrogens with one attached hydrogen (secondary N) is 2. The Morgan fingerprint density at radius 3 is 2.77 bits per heavy atom. The maximum atomic E-state index is 12.1. The fraction of sp³-hybridized carbons (Fsp3) is 0.0556. The molecule has 0 fully saturated rings. The van der Waals surface area contributed by atoms with E-state index in [0.29, 0.717) is 17.3 Å². The number of carbonyl (C=O) groups is 1. The molecule has 108 valence electrons. The topological polar surface area (TPSA) is 44.9 Å². The van der Waals surface area contributed by atoms with Crippen LogP contribution < -0.4 is 5.32 Å². The second kappa shape index (κ2) is 6.38. The summed E-state index contributed by atoms with van der Waals surface area (Å²) >= 11 is 5.94. The summed E-state index contributed by atoms with van der Waals surface area (Å²) in [4.78, 5) is 15.1. The van der Waals surface area contributed by atoms with E-state index in [1.807, 2.05) is 42.5 Å². The highest BCUT2D eigenvalue weighted by atomic mass is 35.5. The molecule has 4 heteroatoms. The predicted octanol–water partition coefficient (Wildman–Crippen LogP) is 3.60. The van der Waals surface area contributed by atoms with E-state index >= 15 is 0 Å². The summed E-state index contributed by atoms with van der Waals surface area (Å²) < 4.78 is 0. The highest BCUT2D eigenvalue weighted by molar-refractivity contribution is 6.31. The molecule has 1 amide bonds. The van der Waals surface area contributed by atoms with Crippen molar-refractivity contribution in [3.63, 3.8) is 0 Å². The largest absolute Gasteiger partial charge is 0.351 e. The summed E-state index contributed by atoms with van der Waals surface area (Å²) in [5, 5.41) is 4.32. The van der Waals surface area contributed by atoms with Gasteiger partial charge in [-0.15, -0.1) is 0 Å². The van der Waals surface area contributed by atoms with Gasteiger partial charge >= 0.3 is 0 Å². The van der Waals surface area contributed by atoms with Crippen molar-refractivity contribution in [2.75, 3.05) is 6.54 Å². The Bertz CT molecular complexity index is 872. The molecule has 0 saturated heterocycles. The van der Waals surface area contributed by atoms with Gasteiger partial charge in [0.2, 0.25) is 0 Å². The van der Waals surface area contributed by atoms with Gasteiger partial charge in [0.1, 0.15) is 5.69 Å².